The molecule has 0 fully saturated rings. The zero-order valence-corrected chi connectivity index (χ0v) is 7.76. The molecule has 0 radical (unpaired) electrons. The summed E-state index contributed by atoms with van der Waals surface area (Å²) in [5.41, 5.74) is 0.960. The lowest BCUT2D eigenvalue weighted by Gasteiger charge is -2.00. The summed E-state index contributed by atoms with van der Waals surface area (Å²) in [6, 6.07) is 0. The molecule has 0 saturated heterocycles. The molecule has 0 rings (SSSR count). The lowest BCUT2D eigenvalue weighted by molar-refractivity contribution is -0.105. The predicted molar refractivity (Wildman–Crippen MR) is 48.5 cm³/mol. The molecule has 0 spiro atoms. The molecule has 1 nitrogen and oxygen atoms in total. The third kappa shape index (κ3) is 5.84. The Bertz CT molecular complexity index is 134. The first-order chi connectivity index (χ1) is 5.20. The molecule has 0 amide bonds. The van der Waals surface area contributed by atoms with Gasteiger partial charge in [-0.2, -0.15) is 0 Å². The lowest BCUT2D eigenvalue weighted by atomic mass is 10.1. The van der Waals surface area contributed by atoms with Gasteiger partial charge in [0.1, 0.15) is 6.29 Å². The van der Waals surface area contributed by atoms with Gasteiger partial charge in [0.25, 0.3) is 0 Å². The molecule has 0 aliphatic heterocycles. The second kappa shape index (κ2) is 6.14. The largest absolute Gasteiger partial charge is 0.298 e. The van der Waals surface area contributed by atoms with Crippen molar-refractivity contribution in [2.75, 3.05) is 0 Å². The molecular weight excluding hydrogens is 136 g/mol. The Morgan fingerprint density at radius 3 is 2.45 bits per heavy atom. The van der Waals surface area contributed by atoms with Crippen LogP contribution in [0.2, 0.25) is 0 Å². The normalized spacial score (nSPS) is 12.2. The zero-order chi connectivity index (χ0) is 8.69. The highest BCUT2D eigenvalue weighted by Gasteiger charge is 1.95. The molecule has 11 heavy (non-hydrogen) atoms. The first-order valence-electron chi connectivity index (χ1n) is 4.36. The van der Waals surface area contributed by atoms with E-state index in [9.17, 15) is 4.79 Å². The summed E-state index contributed by atoms with van der Waals surface area (Å²) in [6.07, 6.45) is 6.25. The Morgan fingerprint density at radius 2 is 2.09 bits per heavy atom. The summed E-state index contributed by atoms with van der Waals surface area (Å²) in [7, 11) is 0. The lowest BCUT2D eigenvalue weighted by Crippen LogP contribution is -1.89. The Morgan fingerprint density at radius 1 is 1.45 bits per heavy atom. The van der Waals surface area contributed by atoms with Gasteiger partial charge in [0, 0.05) is 0 Å². The van der Waals surface area contributed by atoms with Crippen LogP contribution in [0, 0.1) is 5.92 Å². The van der Waals surface area contributed by atoms with Crippen molar-refractivity contribution in [3.8, 4) is 0 Å². The van der Waals surface area contributed by atoms with Crippen LogP contribution in [-0.2, 0) is 4.79 Å². The van der Waals surface area contributed by atoms with Gasteiger partial charge in [-0.25, -0.2) is 0 Å². The van der Waals surface area contributed by atoms with E-state index in [0.29, 0.717) is 5.92 Å². The number of carbonyl (C=O) groups is 1. The molecular formula is C10H18O. The standard InChI is InChI=1S/C10H18O/c1-4-5-6-10(8-11)7-9(2)3/h7-9H,4-6H2,1-3H3/b10-7+. The Labute approximate surface area is 69.5 Å². The fourth-order valence-corrected chi connectivity index (χ4v) is 0.991. The molecule has 0 unspecified atom stereocenters. The first-order valence-corrected chi connectivity index (χ1v) is 4.36. The number of hydrogen-bond donors (Lipinski definition) is 0. The monoisotopic (exact) mass is 154 g/mol. The first kappa shape index (κ1) is 10.4. The number of aldehydes is 1. The topological polar surface area (TPSA) is 17.1 Å². The van der Waals surface area contributed by atoms with E-state index >= 15 is 0 Å². The molecule has 0 aromatic heterocycles. The van der Waals surface area contributed by atoms with Crippen LogP contribution in [0.4, 0.5) is 0 Å². The van der Waals surface area contributed by atoms with Crippen LogP contribution in [0.5, 0.6) is 0 Å². The Hall–Kier alpha value is -0.590. The molecule has 0 saturated carbocycles. The summed E-state index contributed by atoms with van der Waals surface area (Å²) in [4.78, 5) is 10.5. The molecule has 0 heterocycles. The van der Waals surface area contributed by atoms with E-state index in [0.717, 1.165) is 31.1 Å². The molecule has 0 atom stereocenters. The molecule has 0 aromatic rings. The van der Waals surface area contributed by atoms with Crippen molar-refractivity contribution < 1.29 is 4.79 Å². The van der Waals surface area contributed by atoms with Gasteiger partial charge in [-0.3, -0.25) is 4.79 Å². The summed E-state index contributed by atoms with van der Waals surface area (Å²) < 4.78 is 0. The average molecular weight is 154 g/mol. The van der Waals surface area contributed by atoms with Gasteiger partial charge in [0.2, 0.25) is 0 Å². The van der Waals surface area contributed by atoms with E-state index in [1.807, 2.05) is 6.08 Å². The van der Waals surface area contributed by atoms with Crippen LogP contribution in [0.1, 0.15) is 40.0 Å². The van der Waals surface area contributed by atoms with Crippen molar-refractivity contribution >= 4 is 6.29 Å². The maximum Gasteiger partial charge on any atom is 0.145 e. The van der Waals surface area contributed by atoms with Crippen LogP contribution in [0.3, 0.4) is 0 Å². The van der Waals surface area contributed by atoms with Crippen molar-refractivity contribution in [1.82, 2.24) is 0 Å². The van der Waals surface area contributed by atoms with E-state index in [4.69, 9.17) is 0 Å². The molecule has 0 aliphatic carbocycles. The number of hydrogen-bond acceptors (Lipinski definition) is 1. The summed E-state index contributed by atoms with van der Waals surface area (Å²) in [5, 5.41) is 0. The van der Waals surface area contributed by atoms with E-state index < -0.39 is 0 Å². The highest BCUT2D eigenvalue weighted by molar-refractivity contribution is 5.72. The number of carbonyl (C=O) groups excluding carboxylic acids is 1. The third-order valence-electron chi connectivity index (χ3n) is 1.52. The quantitative estimate of drug-likeness (QED) is 0.439. The second-order valence-corrected chi connectivity index (χ2v) is 3.21. The molecule has 0 N–H and O–H groups in total. The van der Waals surface area contributed by atoms with Gasteiger partial charge in [0.15, 0.2) is 0 Å². The number of allylic oxidation sites excluding steroid dienone is 2. The minimum absolute atomic E-state index is 0.493. The van der Waals surface area contributed by atoms with Crippen LogP contribution in [0.25, 0.3) is 0 Å². The minimum atomic E-state index is 0.493. The van der Waals surface area contributed by atoms with E-state index in [1.54, 1.807) is 0 Å². The van der Waals surface area contributed by atoms with Gasteiger partial charge in [0.05, 0.1) is 0 Å². The van der Waals surface area contributed by atoms with Gasteiger partial charge < -0.3 is 0 Å². The van der Waals surface area contributed by atoms with Gasteiger partial charge in [-0.1, -0.05) is 33.3 Å². The van der Waals surface area contributed by atoms with E-state index in [1.165, 1.54) is 0 Å². The minimum Gasteiger partial charge on any atom is -0.298 e. The van der Waals surface area contributed by atoms with Crippen LogP contribution in [0.15, 0.2) is 11.6 Å². The molecule has 64 valence electrons. The highest BCUT2D eigenvalue weighted by atomic mass is 16.1. The zero-order valence-electron chi connectivity index (χ0n) is 7.76. The maximum absolute atomic E-state index is 10.5. The summed E-state index contributed by atoms with van der Waals surface area (Å²) in [6.45, 7) is 6.32. The number of rotatable bonds is 5. The summed E-state index contributed by atoms with van der Waals surface area (Å²) >= 11 is 0. The van der Waals surface area contributed by atoms with Crippen LogP contribution < -0.4 is 0 Å². The third-order valence-corrected chi connectivity index (χ3v) is 1.52. The average Bonchev–Trinajstić information content (AvgIpc) is 1.97. The van der Waals surface area contributed by atoms with Crippen LogP contribution in [-0.4, -0.2) is 6.29 Å². The van der Waals surface area contributed by atoms with E-state index in [-0.39, 0.29) is 0 Å². The summed E-state index contributed by atoms with van der Waals surface area (Å²) in [5.74, 6) is 0.493. The van der Waals surface area contributed by atoms with Crippen molar-refractivity contribution in [2.45, 2.75) is 40.0 Å². The van der Waals surface area contributed by atoms with Gasteiger partial charge >= 0.3 is 0 Å². The second-order valence-electron chi connectivity index (χ2n) is 3.21. The van der Waals surface area contributed by atoms with Gasteiger partial charge in [-0.15, -0.1) is 0 Å². The number of unbranched alkanes of at least 4 members (excludes halogenated alkanes) is 1. The SMILES string of the molecule is CCCC/C(C=O)=C\C(C)C. The predicted octanol–water partition coefficient (Wildman–Crippen LogP) is 2.96. The van der Waals surface area contributed by atoms with Crippen molar-refractivity contribution in [3.63, 3.8) is 0 Å². The van der Waals surface area contributed by atoms with Crippen molar-refractivity contribution in [2.24, 2.45) is 5.92 Å². The van der Waals surface area contributed by atoms with Crippen LogP contribution >= 0.6 is 0 Å². The Balaban J connectivity index is 3.84. The van der Waals surface area contributed by atoms with Gasteiger partial charge in [-0.05, 0) is 24.3 Å². The van der Waals surface area contributed by atoms with Crippen molar-refractivity contribution in [1.29, 1.82) is 0 Å². The fraction of sp³-hybridized carbons (Fsp3) is 0.700. The molecule has 0 aliphatic rings. The smallest absolute Gasteiger partial charge is 0.145 e. The molecule has 1 heteroatoms. The Kier molecular flexibility index (Phi) is 5.81. The highest BCUT2D eigenvalue weighted by Crippen LogP contribution is 2.07. The molecule has 0 bridgehead atoms. The maximum atomic E-state index is 10.5. The van der Waals surface area contributed by atoms with Crippen molar-refractivity contribution in [3.05, 3.63) is 11.6 Å². The fourth-order valence-electron chi connectivity index (χ4n) is 0.991. The van der Waals surface area contributed by atoms with E-state index in [2.05, 4.69) is 20.8 Å². The molecule has 0 aromatic carbocycles.